The largest absolute Gasteiger partial charge is 0.324 e. The molecule has 0 aliphatic heterocycles. The van der Waals surface area contributed by atoms with Crippen LogP contribution in [0.2, 0.25) is 0 Å². The average molecular weight is 425 g/mol. The van der Waals surface area contributed by atoms with Gasteiger partial charge in [-0.2, -0.15) is 15.6 Å². The van der Waals surface area contributed by atoms with Crippen molar-refractivity contribution in [3.8, 4) is 0 Å². The second-order valence-corrected chi connectivity index (χ2v) is 9.62. The molecule has 0 saturated carbocycles. The van der Waals surface area contributed by atoms with Crippen LogP contribution >= 0.6 is 11.3 Å². The van der Waals surface area contributed by atoms with Crippen molar-refractivity contribution in [3.63, 3.8) is 0 Å². The zero-order valence-electron chi connectivity index (χ0n) is 17.2. The Morgan fingerprint density at radius 3 is 2.50 bits per heavy atom. The molecule has 1 aromatic heterocycles. The summed E-state index contributed by atoms with van der Waals surface area (Å²) >= 11 is 1.64. The molecule has 0 aliphatic carbocycles. The summed E-state index contributed by atoms with van der Waals surface area (Å²) in [6.45, 7) is 8.84. The second kappa shape index (κ2) is 9.65. The van der Waals surface area contributed by atoms with Crippen molar-refractivity contribution in [2.75, 3.05) is 25.5 Å². The number of nitrogens with zero attached hydrogens (tertiary/aromatic N) is 1. The van der Waals surface area contributed by atoms with Gasteiger partial charge in [0.2, 0.25) is 10.0 Å². The second-order valence-electron chi connectivity index (χ2n) is 6.94. The van der Waals surface area contributed by atoms with Crippen LogP contribution in [0.3, 0.4) is 0 Å². The zero-order valence-corrected chi connectivity index (χ0v) is 18.8. The Kier molecular flexibility index (Phi) is 7.77. The van der Waals surface area contributed by atoms with Crippen LogP contribution in [0.25, 0.3) is 0 Å². The molecule has 154 valence electrons. The minimum Gasteiger partial charge on any atom is -0.324 e. The number of anilines is 1. The summed E-state index contributed by atoms with van der Waals surface area (Å²) in [4.78, 5) is 14.0. The van der Waals surface area contributed by atoms with E-state index in [1.165, 1.54) is 9.87 Å². The van der Waals surface area contributed by atoms with Crippen LogP contribution in [0, 0.1) is 6.92 Å². The first-order valence-electron chi connectivity index (χ1n) is 9.45. The van der Waals surface area contributed by atoms with Crippen molar-refractivity contribution >= 4 is 33.0 Å². The van der Waals surface area contributed by atoms with E-state index in [2.05, 4.69) is 16.8 Å². The molecule has 8 heteroatoms. The van der Waals surface area contributed by atoms with Crippen LogP contribution < -0.4 is 10.2 Å². The van der Waals surface area contributed by atoms with Crippen molar-refractivity contribution in [3.05, 3.63) is 46.2 Å². The van der Waals surface area contributed by atoms with E-state index < -0.39 is 10.0 Å². The smallest absolute Gasteiger partial charge is 0.282 e. The molecule has 1 heterocycles. The summed E-state index contributed by atoms with van der Waals surface area (Å²) in [7, 11) is -1.60. The summed E-state index contributed by atoms with van der Waals surface area (Å²) in [6.07, 6.45) is 0. The fraction of sp³-hybridized carbons (Fsp3) is 0.450. The molecule has 0 fully saturated rings. The van der Waals surface area contributed by atoms with E-state index in [1.807, 2.05) is 33.2 Å². The number of nitrogens with one attached hydrogen (secondary N) is 2. The maximum Gasteiger partial charge on any atom is 0.282 e. The van der Waals surface area contributed by atoms with Gasteiger partial charge in [0.15, 0.2) is 6.04 Å². The lowest BCUT2D eigenvalue weighted by Crippen LogP contribution is -3.12. The van der Waals surface area contributed by atoms with Gasteiger partial charge in [0.25, 0.3) is 5.91 Å². The van der Waals surface area contributed by atoms with Crippen LogP contribution in [-0.4, -0.2) is 44.8 Å². The van der Waals surface area contributed by atoms with Crippen molar-refractivity contribution in [1.29, 1.82) is 0 Å². The highest BCUT2D eigenvalue weighted by Gasteiger charge is 2.26. The monoisotopic (exact) mass is 424 g/mol. The van der Waals surface area contributed by atoms with Crippen LogP contribution in [-0.2, 0) is 21.4 Å². The lowest BCUT2D eigenvalue weighted by atomic mass is 10.2. The van der Waals surface area contributed by atoms with E-state index in [4.69, 9.17) is 0 Å². The maximum atomic E-state index is 12.9. The number of likely N-dealkylation sites (N-methyl/N-ethyl adjacent to an activating group) is 1. The molecule has 0 bridgehead atoms. The first kappa shape index (κ1) is 22.5. The lowest BCUT2D eigenvalue weighted by Gasteiger charge is -2.22. The van der Waals surface area contributed by atoms with E-state index >= 15 is 0 Å². The van der Waals surface area contributed by atoms with Crippen molar-refractivity contribution in [2.24, 2.45) is 0 Å². The fourth-order valence-corrected chi connectivity index (χ4v) is 5.38. The van der Waals surface area contributed by atoms with Crippen LogP contribution in [0.5, 0.6) is 0 Å². The Labute approximate surface area is 172 Å². The van der Waals surface area contributed by atoms with Gasteiger partial charge in [0.1, 0.15) is 6.54 Å². The quantitative estimate of drug-likeness (QED) is 0.648. The van der Waals surface area contributed by atoms with Crippen LogP contribution in [0.15, 0.2) is 39.9 Å². The van der Waals surface area contributed by atoms with E-state index in [0.29, 0.717) is 24.3 Å². The van der Waals surface area contributed by atoms with Crippen LogP contribution in [0.4, 0.5) is 5.69 Å². The third kappa shape index (κ3) is 5.20. The summed E-state index contributed by atoms with van der Waals surface area (Å²) < 4.78 is 27.2. The highest BCUT2D eigenvalue weighted by molar-refractivity contribution is 7.89. The molecule has 2 rings (SSSR count). The van der Waals surface area contributed by atoms with E-state index in [9.17, 15) is 13.2 Å². The predicted octanol–water partition coefficient (Wildman–Crippen LogP) is 2.13. The summed E-state index contributed by atoms with van der Waals surface area (Å²) in [5.41, 5.74) is 2.36. The number of sulfonamides is 1. The molecule has 6 nitrogen and oxygen atoms in total. The number of thiophene rings is 1. The predicted molar refractivity (Wildman–Crippen MR) is 114 cm³/mol. The number of carbonyl (C=O) groups excluding carboxylic acids is 1. The number of hydrogen-bond acceptors (Lipinski definition) is 4. The average Bonchev–Trinajstić information content (AvgIpc) is 3.16. The van der Waals surface area contributed by atoms with Crippen molar-refractivity contribution < 1.29 is 18.1 Å². The molecular weight excluding hydrogens is 394 g/mol. The number of aryl methyl sites for hydroxylation is 1. The lowest BCUT2D eigenvalue weighted by molar-refractivity contribution is -0.907. The molecule has 1 unspecified atom stereocenters. The van der Waals surface area contributed by atoms with Crippen LogP contribution in [0.1, 0.15) is 31.9 Å². The normalized spacial score (nSPS) is 14.1. The number of rotatable bonds is 9. The van der Waals surface area contributed by atoms with E-state index in [0.717, 1.165) is 11.4 Å². The van der Waals surface area contributed by atoms with Gasteiger partial charge in [-0.05, 0) is 48.4 Å². The fourth-order valence-electron chi connectivity index (χ4n) is 3.00. The molecule has 2 atom stereocenters. The Morgan fingerprint density at radius 1 is 1.25 bits per heavy atom. The summed E-state index contributed by atoms with van der Waals surface area (Å²) in [6, 6.07) is 6.82. The van der Waals surface area contributed by atoms with E-state index in [1.54, 1.807) is 36.5 Å². The highest BCUT2D eigenvalue weighted by Crippen LogP contribution is 2.23. The Morgan fingerprint density at radius 2 is 1.93 bits per heavy atom. The molecule has 0 saturated heterocycles. The third-order valence-corrected chi connectivity index (χ3v) is 7.90. The number of quaternary nitrogens is 1. The minimum atomic E-state index is -3.58. The van der Waals surface area contributed by atoms with Crippen molar-refractivity contribution in [2.45, 2.75) is 45.2 Å². The van der Waals surface area contributed by atoms with Gasteiger partial charge in [-0.1, -0.05) is 19.9 Å². The van der Waals surface area contributed by atoms with Gasteiger partial charge in [-0.3, -0.25) is 4.79 Å². The molecule has 2 N–H and O–H groups in total. The minimum absolute atomic E-state index is 0.136. The van der Waals surface area contributed by atoms with Gasteiger partial charge < -0.3 is 10.2 Å². The first-order valence-corrected chi connectivity index (χ1v) is 11.8. The van der Waals surface area contributed by atoms with Gasteiger partial charge in [0.05, 0.1) is 11.9 Å². The molecule has 1 aromatic carbocycles. The first-order chi connectivity index (χ1) is 13.2. The number of carbonyl (C=O) groups is 1. The molecule has 28 heavy (non-hydrogen) atoms. The van der Waals surface area contributed by atoms with Crippen molar-refractivity contribution in [1.82, 2.24) is 4.31 Å². The molecular formula is C20H30N3O3S2+. The molecule has 0 radical (unpaired) electrons. The third-order valence-electron chi connectivity index (χ3n) is 4.97. The van der Waals surface area contributed by atoms with Gasteiger partial charge in [-0.25, -0.2) is 8.42 Å². The molecule has 0 aliphatic rings. The standard InChI is InChI=1S/C20H29N3O3S2/c1-6-23(7-2)28(25,26)19-12-18(9-8-15(19)3)21-20(24)16(4)22(5)13-17-10-11-27-14-17/h8-12,14,16H,6-7,13H2,1-5H3,(H,21,24)/p+1/t16-/m1/s1. The summed E-state index contributed by atoms with van der Waals surface area (Å²) in [5, 5.41) is 6.98. The number of benzene rings is 1. The SMILES string of the molecule is CCN(CC)S(=O)(=O)c1cc(NC(=O)[C@@H](C)[NH+](C)Cc2ccsc2)ccc1C. The number of amides is 1. The van der Waals surface area contributed by atoms with Gasteiger partial charge in [-0.15, -0.1) is 0 Å². The Hall–Kier alpha value is -1.74. The van der Waals surface area contributed by atoms with E-state index in [-0.39, 0.29) is 16.8 Å². The van der Waals surface area contributed by atoms with Gasteiger partial charge >= 0.3 is 0 Å². The molecule has 1 amide bonds. The molecule has 2 aromatic rings. The Bertz CT molecular complexity index is 891. The maximum absolute atomic E-state index is 12.9. The molecule has 0 spiro atoms. The Balaban J connectivity index is 2.17. The number of hydrogen-bond donors (Lipinski definition) is 2. The zero-order chi connectivity index (χ0) is 20.9. The van der Waals surface area contributed by atoms with Gasteiger partial charge in [0, 0.05) is 24.3 Å². The highest BCUT2D eigenvalue weighted by atomic mass is 32.2. The topological polar surface area (TPSA) is 70.9 Å². The summed E-state index contributed by atoms with van der Waals surface area (Å²) in [5.74, 6) is -0.136.